The van der Waals surface area contributed by atoms with E-state index in [1.165, 1.54) is 12.1 Å². The number of aliphatic hydroxyl groups is 1. The number of aliphatic hydroxyl groups excluding tert-OH is 1. The van der Waals surface area contributed by atoms with E-state index in [1.54, 1.807) is 12.1 Å². The summed E-state index contributed by atoms with van der Waals surface area (Å²) >= 11 is 0. The van der Waals surface area contributed by atoms with Crippen LogP contribution in [0.5, 0.6) is 11.5 Å². The summed E-state index contributed by atoms with van der Waals surface area (Å²) in [6.45, 7) is 6.99. The third-order valence-corrected chi connectivity index (χ3v) is 12.3. The van der Waals surface area contributed by atoms with Gasteiger partial charge in [-0.3, -0.25) is 14.5 Å². The summed E-state index contributed by atoms with van der Waals surface area (Å²) in [5.74, 6) is 0.918. The molecule has 3 aliphatic heterocycles. The second kappa shape index (κ2) is 20.1. The van der Waals surface area contributed by atoms with E-state index in [4.69, 9.17) is 9.47 Å². The molecule has 2 bridgehead atoms. The maximum Gasteiger partial charge on any atom is 0.408 e. The first-order chi connectivity index (χ1) is 30.7. The number of phenols is 1. The van der Waals surface area contributed by atoms with Crippen molar-refractivity contribution in [3.05, 3.63) is 177 Å². The van der Waals surface area contributed by atoms with Gasteiger partial charge in [-0.2, -0.15) is 0 Å². The summed E-state index contributed by atoms with van der Waals surface area (Å²) in [6, 6.07) is 38.8. The molecule has 6 aromatic rings. The van der Waals surface area contributed by atoms with Crippen LogP contribution in [-0.2, 0) is 17.9 Å². The number of amides is 2. The predicted molar refractivity (Wildman–Crippen MR) is 243 cm³/mol. The number of pyridine rings is 1. The number of benzene rings is 5. The number of hydrogen-bond acceptors (Lipinski definition) is 9. The predicted octanol–water partition coefficient (Wildman–Crippen LogP) is 7.39. The first-order valence-corrected chi connectivity index (χ1v) is 21.8. The lowest BCUT2D eigenvalue weighted by Crippen LogP contribution is -2.52. The fraction of sp³-hybridized carbons (Fsp3) is 0.314. The quantitative estimate of drug-likeness (QED) is 0.0591. The van der Waals surface area contributed by atoms with Crippen molar-refractivity contribution in [3.8, 4) is 11.5 Å². The third kappa shape index (κ3) is 10.8. The van der Waals surface area contributed by atoms with Crippen molar-refractivity contribution in [2.75, 3.05) is 39.3 Å². The number of fused-ring (bicyclic) bond motifs is 4. The maximum absolute atomic E-state index is 14.1. The summed E-state index contributed by atoms with van der Waals surface area (Å²) in [4.78, 5) is 46.1. The Hall–Kier alpha value is -6.47. The number of ether oxygens (including phenoxy) is 2. The maximum atomic E-state index is 14.1. The molecule has 12 heteroatoms. The van der Waals surface area contributed by atoms with Crippen molar-refractivity contribution in [2.45, 2.75) is 57.6 Å². The van der Waals surface area contributed by atoms with Crippen molar-refractivity contribution < 1.29 is 29.3 Å². The minimum Gasteiger partial charge on any atom is -0.506 e. The van der Waals surface area contributed by atoms with Gasteiger partial charge in [0.2, 0.25) is 5.56 Å². The van der Waals surface area contributed by atoms with Gasteiger partial charge >= 0.3 is 6.09 Å². The first-order valence-electron chi connectivity index (χ1n) is 21.8. The molecule has 3 aliphatic rings. The number of rotatable bonds is 17. The Balaban J connectivity index is 0.880. The highest BCUT2D eigenvalue weighted by atomic mass is 16.6. The van der Waals surface area contributed by atoms with E-state index in [9.17, 15) is 24.6 Å². The molecule has 4 heterocycles. The Bertz CT molecular complexity index is 2560. The molecule has 326 valence electrons. The molecule has 2 unspecified atom stereocenters. The second-order valence-electron chi connectivity index (χ2n) is 16.6. The van der Waals surface area contributed by atoms with Crippen LogP contribution in [0.4, 0.5) is 4.79 Å². The molecular formula is C51H55N5O7. The fourth-order valence-electron chi connectivity index (χ4n) is 8.75. The number of hydrogen-bond donors (Lipinski definition) is 5. The van der Waals surface area contributed by atoms with Crippen LogP contribution in [0.3, 0.4) is 0 Å². The largest absolute Gasteiger partial charge is 0.506 e. The van der Waals surface area contributed by atoms with Gasteiger partial charge in [0.25, 0.3) is 5.91 Å². The van der Waals surface area contributed by atoms with Crippen LogP contribution in [0, 0.1) is 12.8 Å². The number of aryl methyl sites for hydroxylation is 1. The number of H-pyrrole nitrogens is 1. The van der Waals surface area contributed by atoms with Gasteiger partial charge in [-0.1, -0.05) is 84.9 Å². The lowest BCUT2D eigenvalue weighted by molar-refractivity contribution is -0.0336. The molecular weight excluding hydrogens is 795 g/mol. The molecule has 5 N–H and O–H groups in total. The van der Waals surface area contributed by atoms with E-state index in [2.05, 4.69) is 20.5 Å². The molecule has 0 radical (unpaired) electrons. The van der Waals surface area contributed by atoms with Crippen LogP contribution in [0.25, 0.3) is 10.9 Å². The van der Waals surface area contributed by atoms with E-state index in [-0.39, 0.29) is 42.0 Å². The number of phenolic OH excluding ortho intramolecular Hbond substituents is 1. The van der Waals surface area contributed by atoms with E-state index in [0.717, 1.165) is 60.3 Å². The zero-order valence-electron chi connectivity index (χ0n) is 35.5. The van der Waals surface area contributed by atoms with Gasteiger partial charge in [0.1, 0.15) is 24.2 Å². The molecule has 1 aromatic heterocycles. The van der Waals surface area contributed by atoms with E-state index in [1.807, 2.05) is 115 Å². The van der Waals surface area contributed by atoms with Crippen molar-refractivity contribution in [3.63, 3.8) is 0 Å². The summed E-state index contributed by atoms with van der Waals surface area (Å²) in [5, 5.41) is 28.3. The van der Waals surface area contributed by atoms with Crippen molar-refractivity contribution in [2.24, 2.45) is 5.92 Å². The van der Waals surface area contributed by atoms with E-state index < -0.39 is 18.2 Å². The zero-order valence-corrected chi connectivity index (χ0v) is 35.5. The smallest absolute Gasteiger partial charge is 0.408 e. The van der Waals surface area contributed by atoms with Crippen LogP contribution in [0.15, 0.2) is 132 Å². The molecule has 9 rings (SSSR count). The lowest BCUT2D eigenvalue weighted by atomic mass is 9.86. The molecule has 0 spiro atoms. The Labute approximate surface area is 367 Å². The number of alkyl carbamates (subject to hydrolysis) is 1. The number of piperidine rings is 3. The Morgan fingerprint density at radius 1 is 0.889 bits per heavy atom. The summed E-state index contributed by atoms with van der Waals surface area (Å²) in [7, 11) is 0. The van der Waals surface area contributed by atoms with E-state index in [0.29, 0.717) is 54.2 Å². The SMILES string of the molecule is Cc1ccccc1CN(CCCNCC(O)c1ccc(O)c2[nH]c(=O)ccc12)C(=O)c1ccc(COc2cccc([C@@H](NC(=O)OC3CN4CCC3CC4)c3ccccc3)c2)cc1. The average molecular weight is 850 g/mol. The molecule has 3 saturated heterocycles. The average Bonchev–Trinajstić information content (AvgIpc) is 3.31. The number of nitrogens with zero attached hydrogens (tertiary/aromatic N) is 2. The van der Waals surface area contributed by atoms with Gasteiger partial charge in [0.05, 0.1) is 17.7 Å². The number of aromatic nitrogens is 1. The first kappa shape index (κ1) is 43.2. The third-order valence-electron chi connectivity index (χ3n) is 12.3. The Morgan fingerprint density at radius 2 is 1.65 bits per heavy atom. The Kier molecular flexibility index (Phi) is 13.8. The zero-order chi connectivity index (χ0) is 43.7. The van der Waals surface area contributed by atoms with Crippen molar-refractivity contribution in [1.29, 1.82) is 0 Å². The summed E-state index contributed by atoms with van der Waals surface area (Å²) in [6.07, 6.45) is 1.37. The van der Waals surface area contributed by atoms with Crippen LogP contribution in [-0.4, -0.2) is 82.4 Å². The molecule has 63 heavy (non-hydrogen) atoms. The highest BCUT2D eigenvalue weighted by molar-refractivity contribution is 5.94. The molecule has 12 nitrogen and oxygen atoms in total. The molecule has 5 aromatic carbocycles. The molecule has 2 amide bonds. The van der Waals surface area contributed by atoms with Crippen LogP contribution >= 0.6 is 0 Å². The number of aromatic amines is 1. The van der Waals surface area contributed by atoms with Crippen LogP contribution in [0.1, 0.15) is 75.1 Å². The van der Waals surface area contributed by atoms with Gasteiger partial charge in [-0.15, -0.1) is 0 Å². The number of carbonyl (C=O) groups excluding carboxylic acids is 2. The van der Waals surface area contributed by atoms with E-state index >= 15 is 0 Å². The summed E-state index contributed by atoms with van der Waals surface area (Å²) < 4.78 is 12.3. The molecule has 0 aliphatic carbocycles. The number of aromatic hydroxyl groups is 1. The normalized spacial score (nSPS) is 17.8. The molecule has 3 fully saturated rings. The highest BCUT2D eigenvalue weighted by Gasteiger charge is 2.37. The monoisotopic (exact) mass is 849 g/mol. The van der Waals surface area contributed by atoms with Gasteiger partial charge < -0.3 is 40.2 Å². The van der Waals surface area contributed by atoms with Crippen LogP contribution < -0.4 is 20.9 Å². The molecule has 0 saturated carbocycles. The number of nitrogens with one attached hydrogen (secondary N) is 3. The standard InChI is InChI=1S/C51H55N5O7/c1-34-9-5-6-12-40(34)31-56(26-8-25-52-30-45(58)42-19-21-44(57)49-43(42)20-22-47(59)53-49)50(60)38-17-15-35(16-18-38)33-62-41-14-7-13-39(29-41)48(37-10-3-2-4-11-37)54-51(61)63-46-32-55-27-23-36(46)24-28-55/h2-7,9-22,29,36,45-46,48,52,57-58H,8,23-28,30-33H2,1H3,(H,53,59)(H,54,61)/t45?,46?,48-/m0/s1. The number of carbonyl (C=O) groups is 2. The van der Waals surface area contributed by atoms with Crippen molar-refractivity contribution in [1.82, 2.24) is 25.4 Å². The Morgan fingerprint density at radius 3 is 2.41 bits per heavy atom. The van der Waals surface area contributed by atoms with Gasteiger partial charge in [0, 0.05) is 43.2 Å². The minimum absolute atomic E-state index is 0.0589. The summed E-state index contributed by atoms with van der Waals surface area (Å²) in [5.41, 5.74) is 5.98. The fourth-order valence-corrected chi connectivity index (χ4v) is 8.75. The highest BCUT2D eigenvalue weighted by Crippen LogP contribution is 2.32. The van der Waals surface area contributed by atoms with Gasteiger partial charge in [-0.05, 0) is 122 Å². The second-order valence-corrected chi connectivity index (χ2v) is 16.6. The van der Waals surface area contributed by atoms with Gasteiger partial charge in [0.15, 0.2) is 0 Å². The topological polar surface area (TPSA) is 156 Å². The van der Waals surface area contributed by atoms with Crippen LogP contribution in [0.2, 0.25) is 0 Å². The molecule has 3 atom stereocenters. The van der Waals surface area contributed by atoms with Gasteiger partial charge in [-0.25, -0.2) is 4.79 Å². The minimum atomic E-state index is -0.881. The lowest BCUT2D eigenvalue weighted by Gasteiger charge is -2.43. The van der Waals surface area contributed by atoms with Crippen molar-refractivity contribution >= 4 is 22.9 Å².